The highest BCUT2D eigenvalue weighted by atomic mass is 28.3. The van der Waals surface area contributed by atoms with Crippen molar-refractivity contribution in [3.05, 3.63) is 0 Å². The number of carbonyl (C=O) groups is 1. The van der Waals surface area contributed by atoms with Crippen molar-refractivity contribution >= 4 is 14.8 Å². The number of Topliss-reactive ketones (excluding diaryl/α,β-unsaturated/α-hetero) is 1. The lowest BCUT2D eigenvalue weighted by Crippen LogP contribution is -2.36. The second kappa shape index (κ2) is 3.95. The Labute approximate surface area is 100 Å². The summed E-state index contributed by atoms with van der Waals surface area (Å²) in [6, 6.07) is 0. The van der Waals surface area contributed by atoms with Crippen LogP contribution in [0.5, 0.6) is 0 Å². The summed E-state index contributed by atoms with van der Waals surface area (Å²) in [5.74, 6) is 2.05. The van der Waals surface area contributed by atoms with Gasteiger partial charge in [-0.05, 0) is 36.8 Å². The average Bonchev–Trinajstić information content (AvgIpc) is 2.70. The number of hydrogen-bond donors (Lipinski definition) is 0. The zero-order chi connectivity index (χ0) is 12.1. The summed E-state index contributed by atoms with van der Waals surface area (Å²) >= 11 is 0. The largest absolute Gasteiger partial charge is 0.417 e. The minimum Gasteiger partial charge on any atom is -0.417 e. The lowest BCUT2D eigenvalue weighted by molar-refractivity contribution is -0.120. The van der Waals surface area contributed by atoms with E-state index >= 15 is 0 Å². The molecule has 2 aliphatic carbocycles. The monoisotopic (exact) mass is 240 g/mol. The molecule has 0 aromatic rings. The fourth-order valence-corrected chi connectivity index (χ4v) is 4.46. The van der Waals surface area contributed by atoms with Crippen molar-refractivity contribution in [1.29, 1.82) is 0 Å². The zero-order valence-corrected chi connectivity index (χ0v) is 12.3. The molecule has 92 valence electrons. The molecule has 0 aliphatic heterocycles. The Morgan fingerprint density at radius 2 is 2.00 bits per heavy atom. The van der Waals surface area contributed by atoms with Crippen LogP contribution in [0.3, 0.4) is 0 Å². The zero-order valence-electron chi connectivity index (χ0n) is 11.1. The summed E-state index contributed by atoms with van der Waals surface area (Å²) in [4.78, 5) is 11.7. The molecule has 4 unspecified atom stereocenters. The Morgan fingerprint density at radius 1 is 1.38 bits per heavy atom. The molecule has 4 atom stereocenters. The van der Waals surface area contributed by atoms with Gasteiger partial charge in [0.15, 0.2) is 9.04 Å². The van der Waals surface area contributed by atoms with Gasteiger partial charge in [-0.1, -0.05) is 20.8 Å². The predicted octanol–water partition coefficient (Wildman–Crippen LogP) is 2.63. The van der Waals surface area contributed by atoms with Gasteiger partial charge in [0.05, 0.1) is 6.10 Å². The van der Waals surface area contributed by atoms with Gasteiger partial charge in [-0.3, -0.25) is 4.79 Å². The van der Waals surface area contributed by atoms with E-state index in [1.54, 1.807) is 0 Å². The Hall–Kier alpha value is -0.153. The highest BCUT2D eigenvalue weighted by Gasteiger charge is 2.62. The molecule has 2 rings (SSSR count). The van der Waals surface area contributed by atoms with Crippen LogP contribution < -0.4 is 0 Å². The minimum absolute atomic E-state index is 0.173. The molecule has 2 nitrogen and oxygen atoms in total. The van der Waals surface area contributed by atoms with Gasteiger partial charge in [-0.2, -0.15) is 0 Å². The lowest BCUT2D eigenvalue weighted by Gasteiger charge is -2.34. The molecular formula is C13H24O2Si. The van der Waals surface area contributed by atoms with Crippen molar-refractivity contribution in [3.8, 4) is 0 Å². The summed E-state index contributed by atoms with van der Waals surface area (Å²) in [7, 11) is -1.02. The van der Waals surface area contributed by atoms with Crippen LogP contribution in [-0.2, 0) is 9.22 Å². The number of carbonyl (C=O) groups excluding carboxylic acids is 1. The molecule has 0 spiro atoms. The SMILES string of the molecule is C[SiH](C)OC(C1C2CCC(=O)C21)C(C)(C)C. The van der Waals surface area contributed by atoms with Crippen molar-refractivity contribution in [2.24, 2.45) is 23.2 Å². The van der Waals surface area contributed by atoms with Crippen LogP contribution >= 0.6 is 0 Å². The first-order chi connectivity index (χ1) is 7.32. The topological polar surface area (TPSA) is 26.3 Å². The third-order valence-corrected chi connectivity index (χ3v) is 4.78. The molecule has 0 aromatic heterocycles. The van der Waals surface area contributed by atoms with Gasteiger partial charge in [0.25, 0.3) is 0 Å². The Morgan fingerprint density at radius 3 is 2.38 bits per heavy atom. The molecule has 0 heterocycles. The maximum absolute atomic E-state index is 11.7. The molecular weight excluding hydrogens is 216 g/mol. The minimum atomic E-state index is -1.02. The van der Waals surface area contributed by atoms with Crippen LogP contribution in [0.25, 0.3) is 0 Å². The average molecular weight is 240 g/mol. The van der Waals surface area contributed by atoms with Gasteiger partial charge in [0.1, 0.15) is 5.78 Å². The smallest absolute Gasteiger partial charge is 0.171 e. The summed E-state index contributed by atoms with van der Waals surface area (Å²) in [5, 5.41) is 0. The van der Waals surface area contributed by atoms with Gasteiger partial charge >= 0.3 is 0 Å². The maximum Gasteiger partial charge on any atom is 0.171 e. The van der Waals surface area contributed by atoms with Crippen LogP contribution in [0.4, 0.5) is 0 Å². The molecule has 0 aromatic carbocycles. The summed E-state index contributed by atoms with van der Waals surface area (Å²) in [6.07, 6.45) is 2.24. The third kappa shape index (κ3) is 2.12. The number of ketones is 1. The molecule has 2 saturated carbocycles. The van der Waals surface area contributed by atoms with E-state index in [2.05, 4.69) is 33.9 Å². The van der Waals surface area contributed by atoms with Crippen molar-refractivity contribution in [1.82, 2.24) is 0 Å². The first-order valence-electron chi connectivity index (χ1n) is 6.50. The standard InChI is InChI=1S/C13H24O2Si/c1-13(2,3)12(15-16(4)5)11-8-6-7-9(14)10(8)11/h8,10-12,16H,6-7H2,1-5H3. The molecule has 0 N–H and O–H groups in total. The van der Waals surface area contributed by atoms with E-state index in [1.807, 2.05) is 0 Å². The number of rotatable bonds is 3. The van der Waals surface area contributed by atoms with E-state index in [-0.39, 0.29) is 5.41 Å². The van der Waals surface area contributed by atoms with Gasteiger partial charge in [-0.15, -0.1) is 0 Å². The molecule has 0 saturated heterocycles. The van der Waals surface area contributed by atoms with E-state index in [4.69, 9.17) is 4.43 Å². The van der Waals surface area contributed by atoms with Gasteiger partial charge in [0.2, 0.25) is 0 Å². The molecule has 0 amide bonds. The van der Waals surface area contributed by atoms with E-state index in [9.17, 15) is 4.79 Å². The molecule has 0 bridgehead atoms. The van der Waals surface area contributed by atoms with E-state index in [1.165, 1.54) is 0 Å². The van der Waals surface area contributed by atoms with Crippen molar-refractivity contribution in [2.45, 2.75) is 52.8 Å². The Bertz CT molecular complexity index is 293. The summed E-state index contributed by atoms with van der Waals surface area (Å²) in [6.45, 7) is 11.2. The maximum atomic E-state index is 11.7. The van der Waals surface area contributed by atoms with E-state index in [0.29, 0.717) is 29.6 Å². The van der Waals surface area contributed by atoms with E-state index in [0.717, 1.165) is 12.8 Å². The molecule has 2 aliphatic rings. The molecule has 3 heteroatoms. The van der Waals surface area contributed by atoms with Crippen LogP contribution in [0, 0.1) is 23.2 Å². The first-order valence-corrected chi connectivity index (χ1v) is 9.28. The van der Waals surface area contributed by atoms with Crippen LogP contribution in [0.2, 0.25) is 13.1 Å². The second-order valence-corrected chi connectivity index (χ2v) is 9.11. The third-order valence-electron chi connectivity index (χ3n) is 3.95. The van der Waals surface area contributed by atoms with E-state index < -0.39 is 9.04 Å². The predicted molar refractivity (Wildman–Crippen MR) is 67.9 cm³/mol. The van der Waals surface area contributed by atoms with Crippen LogP contribution in [0.15, 0.2) is 0 Å². The highest BCUT2D eigenvalue weighted by Crippen LogP contribution is 2.60. The fourth-order valence-electron chi connectivity index (χ4n) is 3.28. The van der Waals surface area contributed by atoms with Crippen LogP contribution in [-0.4, -0.2) is 20.9 Å². The van der Waals surface area contributed by atoms with Crippen molar-refractivity contribution < 1.29 is 9.22 Å². The summed E-state index contributed by atoms with van der Waals surface area (Å²) < 4.78 is 6.21. The number of fused-ring (bicyclic) bond motifs is 1. The molecule has 16 heavy (non-hydrogen) atoms. The normalized spacial score (nSPS) is 35.4. The Kier molecular flexibility index (Phi) is 3.04. The second-order valence-electron chi connectivity index (χ2n) is 6.74. The fraction of sp³-hybridized carbons (Fsp3) is 0.923. The number of hydrogen-bond acceptors (Lipinski definition) is 2. The molecule has 0 radical (unpaired) electrons. The van der Waals surface area contributed by atoms with Gasteiger partial charge in [0, 0.05) is 12.3 Å². The quantitative estimate of drug-likeness (QED) is 0.709. The summed E-state index contributed by atoms with van der Waals surface area (Å²) in [5.41, 5.74) is 0.173. The van der Waals surface area contributed by atoms with Crippen LogP contribution in [0.1, 0.15) is 33.6 Å². The van der Waals surface area contributed by atoms with Gasteiger partial charge in [-0.25, -0.2) is 0 Å². The lowest BCUT2D eigenvalue weighted by atomic mass is 9.84. The highest BCUT2D eigenvalue weighted by molar-refractivity contribution is 6.48. The first kappa shape index (κ1) is 12.3. The Balaban J connectivity index is 2.07. The van der Waals surface area contributed by atoms with Gasteiger partial charge < -0.3 is 4.43 Å². The molecule has 2 fully saturated rings. The van der Waals surface area contributed by atoms with Crippen molar-refractivity contribution in [3.63, 3.8) is 0 Å². The van der Waals surface area contributed by atoms with Crippen molar-refractivity contribution in [2.75, 3.05) is 0 Å².